The van der Waals surface area contributed by atoms with E-state index in [1.54, 1.807) is 0 Å². The molecule has 2 bridgehead atoms. The maximum atomic E-state index is 12.5. The molecular weight excluding hydrogens is 404 g/mol. The van der Waals surface area contributed by atoms with Crippen LogP contribution in [0.25, 0.3) is 0 Å². The van der Waals surface area contributed by atoms with Crippen LogP contribution in [0.5, 0.6) is 0 Å². The fourth-order valence-corrected chi connectivity index (χ4v) is 5.15. The summed E-state index contributed by atoms with van der Waals surface area (Å²) < 4.78 is 46.4. The monoisotopic (exact) mass is 425 g/mol. The number of hydrogen-bond donors (Lipinski definition) is 2. The minimum atomic E-state index is -3.45. The molecule has 1 amide bonds. The van der Waals surface area contributed by atoms with E-state index in [1.807, 2.05) is 4.90 Å². The second-order valence-corrected chi connectivity index (χ2v) is 9.71. The lowest BCUT2D eigenvalue weighted by molar-refractivity contribution is 0.0773. The third-order valence-corrected chi connectivity index (χ3v) is 7.01. The van der Waals surface area contributed by atoms with Crippen LogP contribution in [0.3, 0.4) is 0 Å². The number of likely N-dealkylation sites (tertiary alicyclic amines) is 1. The minimum absolute atomic E-state index is 0.0209. The van der Waals surface area contributed by atoms with Gasteiger partial charge < -0.3 is 10.2 Å². The summed E-state index contributed by atoms with van der Waals surface area (Å²) in [5.74, 6) is -0.873. The summed E-state index contributed by atoms with van der Waals surface area (Å²) in [6, 6.07) is 3.74. The molecule has 2 aromatic rings. The third-order valence-electron chi connectivity index (χ3n) is 5.90. The highest BCUT2D eigenvalue weighted by Gasteiger charge is 2.52. The zero-order chi connectivity index (χ0) is 20.8. The highest BCUT2D eigenvalue weighted by atomic mass is 32.2. The number of halogens is 2. The van der Waals surface area contributed by atoms with Gasteiger partial charge in [-0.2, -0.15) is 15.4 Å². The Labute approximate surface area is 166 Å². The maximum Gasteiger partial charge on any atom is 0.276 e. The quantitative estimate of drug-likeness (QED) is 0.695. The van der Waals surface area contributed by atoms with Crippen molar-refractivity contribution in [2.24, 2.45) is 11.8 Å². The zero-order valence-electron chi connectivity index (χ0n) is 15.7. The Morgan fingerprint density at radius 1 is 1.14 bits per heavy atom. The van der Waals surface area contributed by atoms with E-state index >= 15 is 0 Å². The number of sulfone groups is 1. The molecule has 3 aliphatic heterocycles. The first-order valence-electron chi connectivity index (χ1n) is 9.30. The van der Waals surface area contributed by atoms with Crippen LogP contribution in [-0.4, -0.2) is 66.1 Å². The average molecular weight is 425 g/mol. The number of fused-ring (bicyclic) bond motifs is 5. The molecule has 8 nitrogen and oxygen atoms in total. The number of amides is 1. The number of carbonyl (C=O) groups excluding carboxylic acids is 1. The Balaban J connectivity index is 0.000000152. The zero-order valence-corrected chi connectivity index (χ0v) is 16.5. The molecule has 0 aliphatic carbocycles. The van der Waals surface area contributed by atoms with E-state index in [-0.39, 0.29) is 10.8 Å². The molecule has 29 heavy (non-hydrogen) atoms. The molecule has 156 valence electrons. The van der Waals surface area contributed by atoms with Gasteiger partial charge >= 0.3 is 0 Å². The van der Waals surface area contributed by atoms with Gasteiger partial charge in [0.2, 0.25) is 0 Å². The van der Waals surface area contributed by atoms with Crippen molar-refractivity contribution in [1.29, 1.82) is 0 Å². The lowest BCUT2D eigenvalue weighted by Crippen LogP contribution is -2.35. The standard InChI is InChI=1S/C11H15N5O.C7H6F2O2S/c17-11(10-3-12-15-14-10)16-4-6-7(5-16)9-2-1-8(6)13-9;1-12(10,11)5-2-3-6(8)7(9)4-5/h3,6-9,13H,1-2,4-5H2,(H,12,14,15);2-4H,1H3/t6-,7+,8-,9+;. The predicted octanol–water partition coefficient (Wildman–Crippen LogP) is 0.995. The Morgan fingerprint density at radius 3 is 2.31 bits per heavy atom. The summed E-state index contributed by atoms with van der Waals surface area (Å²) in [6.45, 7) is 1.76. The highest BCUT2D eigenvalue weighted by molar-refractivity contribution is 7.90. The molecule has 4 atom stereocenters. The average Bonchev–Trinajstić information content (AvgIpc) is 3.44. The first-order valence-corrected chi connectivity index (χ1v) is 11.2. The Bertz CT molecular complexity index is 997. The van der Waals surface area contributed by atoms with Crippen LogP contribution in [0, 0.1) is 23.5 Å². The van der Waals surface area contributed by atoms with Crippen LogP contribution in [-0.2, 0) is 9.84 Å². The molecule has 3 saturated heterocycles. The van der Waals surface area contributed by atoms with Gasteiger partial charge in [0.15, 0.2) is 27.2 Å². The summed E-state index contributed by atoms with van der Waals surface area (Å²) in [4.78, 5) is 13.9. The smallest absolute Gasteiger partial charge is 0.276 e. The van der Waals surface area contributed by atoms with Crippen LogP contribution in [0.1, 0.15) is 23.3 Å². The molecule has 3 fully saturated rings. The number of H-pyrrole nitrogens is 1. The van der Waals surface area contributed by atoms with Crippen molar-refractivity contribution >= 4 is 15.7 Å². The van der Waals surface area contributed by atoms with Crippen molar-refractivity contribution in [3.63, 3.8) is 0 Å². The van der Waals surface area contributed by atoms with E-state index in [9.17, 15) is 22.0 Å². The van der Waals surface area contributed by atoms with Gasteiger partial charge in [-0.15, -0.1) is 0 Å². The van der Waals surface area contributed by atoms with Gasteiger partial charge in [-0.05, 0) is 42.9 Å². The Morgan fingerprint density at radius 2 is 1.79 bits per heavy atom. The Hall–Kier alpha value is -2.40. The summed E-state index contributed by atoms with van der Waals surface area (Å²) in [7, 11) is -3.45. The Kier molecular flexibility index (Phi) is 5.11. The molecule has 1 aromatic carbocycles. The van der Waals surface area contributed by atoms with E-state index < -0.39 is 21.5 Å². The molecule has 2 N–H and O–H groups in total. The van der Waals surface area contributed by atoms with Crippen molar-refractivity contribution in [2.45, 2.75) is 29.8 Å². The van der Waals surface area contributed by atoms with Crippen molar-refractivity contribution in [3.8, 4) is 0 Å². The number of carbonyl (C=O) groups is 1. The number of nitrogens with one attached hydrogen (secondary N) is 2. The second kappa shape index (κ2) is 7.45. The number of hydrogen-bond acceptors (Lipinski definition) is 6. The van der Waals surface area contributed by atoms with E-state index in [0.29, 0.717) is 35.7 Å². The lowest BCUT2D eigenvalue weighted by Gasteiger charge is -2.19. The summed E-state index contributed by atoms with van der Waals surface area (Å²) in [5, 5.41) is 13.7. The molecule has 0 unspecified atom stereocenters. The van der Waals surface area contributed by atoms with E-state index in [4.69, 9.17) is 0 Å². The molecule has 4 heterocycles. The van der Waals surface area contributed by atoms with Gasteiger partial charge in [0.05, 0.1) is 11.1 Å². The van der Waals surface area contributed by atoms with Gasteiger partial charge in [-0.25, -0.2) is 17.2 Å². The number of benzene rings is 1. The molecule has 3 aliphatic rings. The van der Waals surface area contributed by atoms with Gasteiger partial charge in [0, 0.05) is 31.4 Å². The van der Waals surface area contributed by atoms with Crippen LogP contribution in [0.4, 0.5) is 8.78 Å². The normalized spacial score (nSPS) is 27.5. The largest absolute Gasteiger partial charge is 0.337 e. The van der Waals surface area contributed by atoms with Gasteiger partial charge in [-0.3, -0.25) is 4.79 Å². The summed E-state index contributed by atoms with van der Waals surface area (Å²) >= 11 is 0. The summed E-state index contributed by atoms with van der Waals surface area (Å²) in [5.41, 5.74) is 0.435. The van der Waals surface area contributed by atoms with Crippen molar-refractivity contribution in [1.82, 2.24) is 25.6 Å². The van der Waals surface area contributed by atoms with Crippen molar-refractivity contribution in [3.05, 3.63) is 41.7 Å². The van der Waals surface area contributed by atoms with Crippen molar-refractivity contribution in [2.75, 3.05) is 19.3 Å². The fraction of sp³-hybridized carbons (Fsp3) is 0.500. The first kappa shape index (κ1) is 19.9. The van der Waals surface area contributed by atoms with Crippen LogP contribution in [0.15, 0.2) is 29.3 Å². The SMILES string of the molecule is CS(=O)(=O)c1ccc(F)c(F)c1.O=C(c1cn[nH]n1)N1C[C@@H]2[C@H](C1)[C@@H]1CC[C@H]2N1. The van der Waals surface area contributed by atoms with Crippen LogP contribution >= 0.6 is 0 Å². The minimum Gasteiger partial charge on any atom is -0.337 e. The van der Waals surface area contributed by atoms with Gasteiger partial charge in [0.25, 0.3) is 5.91 Å². The molecule has 5 rings (SSSR count). The van der Waals surface area contributed by atoms with E-state index in [2.05, 4.69) is 20.7 Å². The van der Waals surface area contributed by atoms with E-state index in [1.165, 1.54) is 19.0 Å². The van der Waals surface area contributed by atoms with E-state index in [0.717, 1.165) is 31.5 Å². The topological polar surface area (TPSA) is 108 Å². The van der Waals surface area contributed by atoms with Gasteiger partial charge in [0.1, 0.15) is 0 Å². The predicted molar refractivity (Wildman–Crippen MR) is 98.7 cm³/mol. The maximum absolute atomic E-state index is 12.5. The molecule has 11 heteroatoms. The lowest BCUT2D eigenvalue weighted by atomic mass is 9.82. The number of aromatic nitrogens is 3. The third kappa shape index (κ3) is 3.88. The number of nitrogens with zero attached hydrogens (tertiary/aromatic N) is 3. The fourth-order valence-electron chi connectivity index (χ4n) is 4.52. The first-order chi connectivity index (χ1) is 13.7. The van der Waals surface area contributed by atoms with Gasteiger partial charge in [-0.1, -0.05) is 0 Å². The molecular formula is C18H21F2N5O3S. The second-order valence-electron chi connectivity index (χ2n) is 7.70. The molecule has 0 radical (unpaired) electrons. The molecule has 0 spiro atoms. The van der Waals surface area contributed by atoms with Crippen molar-refractivity contribution < 1.29 is 22.0 Å². The number of rotatable bonds is 2. The van der Waals surface area contributed by atoms with Crippen LogP contribution in [0.2, 0.25) is 0 Å². The molecule has 0 saturated carbocycles. The summed E-state index contributed by atoms with van der Waals surface area (Å²) in [6.07, 6.45) is 4.98. The highest BCUT2D eigenvalue weighted by Crippen LogP contribution is 2.43. The number of aromatic amines is 1. The van der Waals surface area contributed by atoms with Crippen LogP contribution < -0.4 is 5.32 Å². The molecule has 1 aromatic heterocycles.